The van der Waals surface area contributed by atoms with Crippen molar-refractivity contribution in [1.82, 2.24) is 14.5 Å². The molecule has 1 N–H and O–H groups in total. The Morgan fingerprint density at radius 3 is 2.41 bits per heavy atom. The third-order valence-corrected chi connectivity index (χ3v) is 5.71. The minimum absolute atomic E-state index is 0.0611. The molecule has 0 aliphatic rings. The minimum Gasteiger partial charge on any atom is -0.314 e. The molecular weight excluding hydrogens is 477 g/mol. The summed E-state index contributed by atoms with van der Waals surface area (Å²) in [5.74, 6) is -0.599. The van der Waals surface area contributed by atoms with Gasteiger partial charge in [-0.1, -0.05) is 29.8 Å². The standard InChI is InChI=1S/C21H19F3N4O5S/c1-14-4-6-15(7-5-14)18-13-19(21(22,23)24)25-27(18)16-8-10-17(11-9-16)34(32)26-20(29)3-2-12-33-28(30)31/h4-11,13H,2-3,12H2,1H3,(H,26,29). The van der Waals surface area contributed by atoms with E-state index in [2.05, 4.69) is 14.7 Å². The smallest absolute Gasteiger partial charge is 0.314 e. The Labute approximate surface area is 194 Å². The Balaban J connectivity index is 1.78. The maximum absolute atomic E-state index is 13.3. The lowest BCUT2D eigenvalue weighted by atomic mass is 10.1. The Morgan fingerprint density at radius 2 is 1.82 bits per heavy atom. The van der Waals surface area contributed by atoms with Crippen molar-refractivity contribution in [2.24, 2.45) is 0 Å². The lowest BCUT2D eigenvalue weighted by molar-refractivity contribution is -0.757. The van der Waals surface area contributed by atoms with Crippen molar-refractivity contribution in [3.8, 4) is 16.9 Å². The van der Waals surface area contributed by atoms with Gasteiger partial charge < -0.3 is 4.84 Å². The summed E-state index contributed by atoms with van der Waals surface area (Å²) in [5.41, 5.74) is 0.963. The van der Waals surface area contributed by atoms with Gasteiger partial charge in [0.15, 0.2) is 16.7 Å². The third kappa shape index (κ3) is 6.41. The molecule has 1 amide bonds. The molecule has 1 atom stereocenters. The molecule has 0 aliphatic heterocycles. The summed E-state index contributed by atoms with van der Waals surface area (Å²) in [7, 11) is -1.93. The van der Waals surface area contributed by atoms with Gasteiger partial charge in [-0.05, 0) is 43.7 Å². The lowest BCUT2D eigenvalue weighted by Gasteiger charge is -2.10. The number of aryl methyl sites for hydroxylation is 1. The predicted molar refractivity (Wildman–Crippen MR) is 115 cm³/mol. The first kappa shape index (κ1) is 24.9. The summed E-state index contributed by atoms with van der Waals surface area (Å²) in [5, 5.41) is 12.8. The van der Waals surface area contributed by atoms with Crippen LogP contribution in [-0.4, -0.2) is 31.6 Å². The monoisotopic (exact) mass is 496 g/mol. The minimum atomic E-state index is -4.64. The van der Waals surface area contributed by atoms with Crippen LogP contribution in [0.3, 0.4) is 0 Å². The zero-order valence-corrected chi connectivity index (χ0v) is 18.6. The lowest BCUT2D eigenvalue weighted by Crippen LogP contribution is -2.25. The van der Waals surface area contributed by atoms with Gasteiger partial charge in [-0.15, -0.1) is 10.1 Å². The van der Waals surface area contributed by atoms with Crippen LogP contribution in [0.25, 0.3) is 16.9 Å². The molecule has 0 fully saturated rings. The molecule has 0 spiro atoms. The van der Waals surface area contributed by atoms with Crippen LogP contribution < -0.4 is 4.72 Å². The van der Waals surface area contributed by atoms with Crippen molar-refractivity contribution < 1.29 is 32.1 Å². The summed E-state index contributed by atoms with van der Waals surface area (Å²) in [6.45, 7) is 1.59. The van der Waals surface area contributed by atoms with E-state index >= 15 is 0 Å². The molecule has 180 valence electrons. The molecular formula is C21H19F3N4O5S. The van der Waals surface area contributed by atoms with E-state index in [0.717, 1.165) is 16.3 Å². The van der Waals surface area contributed by atoms with Gasteiger partial charge >= 0.3 is 6.18 Å². The summed E-state index contributed by atoms with van der Waals surface area (Å²) in [6, 6.07) is 13.6. The topological polar surface area (TPSA) is 116 Å². The number of rotatable bonds is 9. The molecule has 1 aromatic heterocycles. The third-order valence-electron chi connectivity index (χ3n) is 4.59. The number of nitrogens with one attached hydrogen (secondary N) is 1. The molecule has 2 aromatic carbocycles. The molecule has 1 unspecified atom stereocenters. The number of benzene rings is 2. The number of halogens is 3. The van der Waals surface area contributed by atoms with Crippen molar-refractivity contribution in [1.29, 1.82) is 0 Å². The quantitative estimate of drug-likeness (QED) is 0.272. The van der Waals surface area contributed by atoms with Crippen LogP contribution in [0.1, 0.15) is 24.1 Å². The van der Waals surface area contributed by atoms with Crippen LogP contribution in [0.4, 0.5) is 13.2 Å². The van der Waals surface area contributed by atoms with Gasteiger partial charge in [0, 0.05) is 12.0 Å². The Morgan fingerprint density at radius 1 is 1.18 bits per heavy atom. The Hall–Kier alpha value is -3.74. The van der Waals surface area contributed by atoms with E-state index in [9.17, 15) is 32.3 Å². The number of carbonyl (C=O) groups excluding carboxylic acids is 1. The number of hydrogen-bond acceptors (Lipinski definition) is 6. The normalized spacial score (nSPS) is 12.2. The van der Waals surface area contributed by atoms with Crippen LogP contribution in [0.15, 0.2) is 59.5 Å². The fourth-order valence-electron chi connectivity index (χ4n) is 2.94. The summed E-state index contributed by atoms with van der Waals surface area (Å²) < 4.78 is 55.7. The van der Waals surface area contributed by atoms with Gasteiger partial charge in [-0.3, -0.25) is 9.52 Å². The van der Waals surface area contributed by atoms with Gasteiger partial charge in [-0.2, -0.15) is 18.3 Å². The highest BCUT2D eigenvalue weighted by atomic mass is 32.2. The fraction of sp³-hybridized carbons (Fsp3) is 0.238. The number of carbonyl (C=O) groups is 1. The zero-order valence-electron chi connectivity index (χ0n) is 17.7. The van der Waals surface area contributed by atoms with Crippen molar-refractivity contribution in [3.63, 3.8) is 0 Å². The number of amides is 1. The van der Waals surface area contributed by atoms with Crippen molar-refractivity contribution >= 4 is 16.9 Å². The molecule has 0 saturated heterocycles. The highest BCUT2D eigenvalue weighted by molar-refractivity contribution is 7.83. The van der Waals surface area contributed by atoms with E-state index in [4.69, 9.17) is 0 Å². The van der Waals surface area contributed by atoms with E-state index in [-0.39, 0.29) is 30.0 Å². The average molecular weight is 496 g/mol. The predicted octanol–water partition coefficient (Wildman–Crippen LogP) is 3.99. The van der Waals surface area contributed by atoms with Crippen molar-refractivity contribution in [2.75, 3.05) is 6.61 Å². The Kier molecular flexibility index (Phi) is 7.66. The molecule has 3 aromatic rings. The summed E-state index contributed by atoms with van der Waals surface area (Å²) in [6.07, 6.45) is -4.71. The zero-order chi connectivity index (χ0) is 24.9. The van der Waals surface area contributed by atoms with Gasteiger partial charge in [0.25, 0.3) is 5.09 Å². The average Bonchev–Trinajstić information content (AvgIpc) is 3.23. The maximum atomic E-state index is 13.3. The van der Waals surface area contributed by atoms with Crippen LogP contribution >= 0.6 is 0 Å². The molecule has 13 heteroatoms. The molecule has 0 bridgehead atoms. The van der Waals surface area contributed by atoms with Crippen molar-refractivity contribution in [3.05, 3.63) is 76.0 Å². The van der Waals surface area contributed by atoms with Crippen LogP contribution in [0, 0.1) is 17.0 Å². The van der Waals surface area contributed by atoms with E-state index in [1.807, 2.05) is 6.92 Å². The fourth-order valence-corrected chi connectivity index (χ4v) is 3.75. The second kappa shape index (κ2) is 10.5. The first-order valence-electron chi connectivity index (χ1n) is 9.88. The number of alkyl halides is 3. The van der Waals surface area contributed by atoms with Gasteiger partial charge in [-0.25, -0.2) is 8.89 Å². The second-order valence-electron chi connectivity index (χ2n) is 7.14. The van der Waals surface area contributed by atoms with Gasteiger partial charge in [0.05, 0.1) is 22.9 Å². The SMILES string of the molecule is Cc1ccc(-c2cc(C(F)(F)F)nn2-c2ccc(S(=O)NC(=O)CCCO[N+](=O)[O-])cc2)cc1. The molecule has 0 saturated carbocycles. The number of hydrogen-bond donors (Lipinski definition) is 1. The van der Waals surface area contributed by atoms with Crippen molar-refractivity contribution in [2.45, 2.75) is 30.8 Å². The molecule has 0 radical (unpaired) electrons. The number of nitrogens with zero attached hydrogens (tertiary/aromatic N) is 3. The van der Waals surface area contributed by atoms with Crippen LogP contribution in [0.2, 0.25) is 0 Å². The van der Waals surface area contributed by atoms with Gasteiger partial charge in [0.1, 0.15) is 0 Å². The molecule has 9 nitrogen and oxygen atoms in total. The summed E-state index contributed by atoms with van der Waals surface area (Å²) in [4.78, 5) is 26.2. The molecule has 34 heavy (non-hydrogen) atoms. The Bertz CT molecular complexity index is 1190. The molecule has 3 rings (SSSR count). The number of aromatic nitrogens is 2. The first-order valence-corrected chi connectivity index (χ1v) is 11.0. The highest BCUT2D eigenvalue weighted by Crippen LogP contribution is 2.33. The second-order valence-corrected chi connectivity index (χ2v) is 8.35. The first-order chi connectivity index (χ1) is 16.0. The maximum Gasteiger partial charge on any atom is 0.435 e. The largest absolute Gasteiger partial charge is 0.435 e. The van der Waals surface area contributed by atoms with E-state index in [0.29, 0.717) is 11.3 Å². The van der Waals surface area contributed by atoms with E-state index in [1.165, 1.54) is 24.3 Å². The van der Waals surface area contributed by atoms with Crippen LogP contribution in [0.5, 0.6) is 0 Å². The van der Waals surface area contributed by atoms with E-state index in [1.54, 1.807) is 24.3 Å². The van der Waals surface area contributed by atoms with Crippen LogP contribution in [-0.2, 0) is 26.8 Å². The molecule has 1 heterocycles. The van der Waals surface area contributed by atoms with Gasteiger partial charge in [0.2, 0.25) is 5.91 Å². The summed E-state index contributed by atoms with van der Waals surface area (Å²) >= 11 is 0. The molecule has 0 aliphatic carbocycles. The van der Waals surface area contributed by atoms with E-state index < -0.39 is 33.8 Å². The highest BCUT2D eigenvalue weighted by Gasteiger charge is 2.35.